The van der Waals surface area contributed by atoms with Gasteiger partial charge in [-0.25, -0.2) is 0 Å². The largest absolute Gasteiger partial charge is 0.480 e. The molecule has 0 spiro atoms. The van der Waals surface area contributed by atoms with Crippen molar-refractivity contribution in [1.82, 2.24) is 0 Å². The standard InChI is InChI=1S/C13H15NO6/c1-3-8-7-9(14(19)20)5-6-10(8)13(4-2,11(15)16)12(17)18/h5-7H,3-4H2,1-2H3,(H,15,16)(H,17,18). The van der Waals surface area contributed by atoms with Crippen LogP contribution in [0.15, 0.2) is 18.2 Å². The van der Waals surface area contributed by atoms with Crippen molar-refractivity contribution < 1.29 is 24.7 Å². The number of aliphatic carboxylic acids is 2. The van der Waals surface area contributed by atoms with Gasteiger partial charge in [-0.15, -0.1) is 0 Å². The highest BCUT2D eigenvalue weighted by molar-refractivity contribution is 6.05. The molecule has 0 fully saturated rings. The summed E-state index contributed by atoms with van der Waals surface area (Å²) in [6.07, 6.45) is 0.155. The third-order valence-electron chi connectivity index (χ3n) is 3.40. The number of carbonyl (C=O) groups is 2. The highest BCUT2D eigenvalue weighted by atomic mass is 16.6. The van der Waals surface area contributed by atoms with Crippen LogP contribution >= 0.6 is 0 Å². The molecule has 0 aliphatic heterocycles. The molecule has 1 rings (SSSR count). The normalized spacial score (nSPS) is 11.1. The third-order valence-corrected chi connectivity index (χ3v) is 3.40. The van der Waals surface area contributed by atoms with Gasteiger partial charge in [0.25, 0.3) is 5.69 Å². The van der Waals surface area contributed by atoms with E-state index >= 15 is 0 Å². The van der Waals surface area contributed by atoms with Crippen molar-refractivity contribution in [2.24, 2.45) is 0 Å². The number of nitrogens with zero attached hydrogens (tertiary/aromatic N) is 1. The quantitative estimate of drug-likeness (QED) is 0.467. The van der Waals surface area contributed by atoms with Crippen LogP contribution < -0.4 is 0 Å². The lowest BCUT2D eigenvalue weighted by Crippen LogP contribution is -2.44. The Kier molecular flexibility index (Phi) is 4.44. The highest BCUT2D eigenvalue weighted by Gasteiger charge is 2.48. The molecule has 0 amide bonds. The van der Waals surface area contributed by atoms with Gasteiger partial charge in [-0.3, -0.25) is 19.7 Å². The molecule has 0 aliphatic rings. The first-order chi connectivity index (χ1) is 9.31. The van der Waals surface area contributed by atoms with Gasteiger partial charge >= 0.3 is 11.9 Å². The van der Waals surface area contributed by atoms with E-state index in [2.05, 4.69) is 0 Å². The number of nitro benzene ring substituents is 1. The number of carboxylic acids is 2. The van der Waals surface area contributed by atoms with E-state index in [-0.39, 0.29) is 17.7 Å². The molecule has 0 radical (unpaired) electrons. The summed E-state index contributed by atoms with van der Waals surface area (Å²) in [5.41, 5.74) is -1.83. The summed E-state index contributed by atoms with van der Waals surface area (Å²) < 4.78 is 0. The summed E-state index contributed by atoms with van der Waals surface area (Å²) in [5, 5.41) is 29.4. The van der Waals surface area contributed by atoms with Gasteiger partial charge in [0.15, 0.2) is 5.41 Å². The topological polar surface area (TPSA) is 118 Å². The molecule has 0 aliphatic carbocycles. The number of benzene rings is 1. The monoisotopic (exact) mass is 281 g/mol. The van der Waals surface area contributed by atoms with E-state index in [0.29, 0.717) is 12.0 Å². The average molecular weight is 281 g/mol. The zero-order valence-electron chi connectivity index (χ0n) is 11.1. The molecule has 108 valence electrons. The van der Waals surface area contributed by atoms with Crippen LogP contribution in [0.3, 0.4) is 0 Å². The lowest BCUT2D eigenvalue weighted by molar-refractivity contribution is -0.384. The Hall–Kier alpha value is -2.44. The maximum absolute atomic E-state index is 11.5. The molecule has 0 atom stereocenters. The minimum Gasteiger partial charge on any atom is -0.480 e. The van der Waals surface area contributed by atoms with E-state index in [1.54, 1.807) is 6.92 Å². The van der Waals surface area contributed by atoms with Gasteiger partial charge in [-0.05, 0) is 24.0 Å². The molecule has 20 heavy (non-hydrogen) atoms. The first-order valence-electron chi connectivity index (χ1n) is 6.05. The Morgan fingerprint density at radius 3 is 2.15 bits per heavy atom. The first kappa shape index (κ1) is 15.6. The van der Waals surface area contributed by atoms with Crippen LogP contribution in [-0.4, -0.2) is 27.1 Å². The fraction of sp³-hybridized carbons (Fsp3) is 0.385. The van der Waals surface area contributed by atoms with E-state index in [1.165, 1.54) is 19.1 Å². The third kappa shape index (κ3) is 2.34. The Morgan fingerprint density at radius 2 is 1.80 bits per heavy atom. The van der Waals surface area contributed by atoms with Crippen molar-refractivity contribution in [2.75, 3.05) is 0 Å². The zero-order valence-corrected chi connectivity index (χ0v) is 11.1. The zero-order chi connectivity index (χ0) is 15.5. The molecule has 2 N–H and O–H groups in total. The molecular formula is C13H15NO6. The van der Waals surface area contributed by atoms with E-state index in [1.807, 2.05) is 0 Å². The van der Waals surface area contributed by atoms with Gasteiger partial charge in [-0.2, -0.15) is 0 Å². The fourth-order valence-electron chi connectivity index (χ4n) is 2.22. The molecule has 7 nitrogen and oxygen atoms in total. The van der Waals surface area contributed by atoms with Crippen molar-refractivity contribution in [1.29, 1.82) is 0 Å². The number of rotatable bonds is 6. The second kappa shape index (κ2) is 5.68. The van der Waals surface area contributed by atoms with Crippen molar-refractivity contribution in [2.45, 2.75) is 32.1 Å². The average Bonchev–Trinajstić information content (AvgIpc) is 2.39. The Bertz CT molecular complexity index is 552. The number of hydrogen-bond donors (Lipinski definition) is 2. The number of carboxylic acid groups (broad SMARTS) is 2. The molecule has 0 heterocycles. The van der Waals surface area contributed by atoms with Crippen molar-refractivity contribution in [3.8, 4) is 0 Å². The first-order valence-corrected chi connectivity index (χ1v) is 6.05. The summed E-state index contributed by atoms with van der Waals surface area (Å²) in [6.45, 7) is 3.15. The number of non-ortho nitro benzene ring substituents is 1. The maximum atomic E-state index is 11.5. The maximum Gasteiger partial charge on any atom is 0.325 e. The SMILES string of the molecule is CCc1cc([N+](=O)[O-])ccc1C(CC)(C(=O)O)C(=O)O. The molecule has 0 bridgehead atoms. The van der Waals surface area contributed by atoms with Crippen molar-refractivity contribution >= 4 is 17.6 Å². The van der Waals surface area contributed by atoms with Gasteiger partial charge in [0.1, 0.15) is 0 Å². The predicted octanol–water partition coefficient (Wildman–Crippen LogP) is 1.97. The Labute approximate surface area is 115 Å². The van der Waals surface area contributed by atoms with E-state index in [4.69, 9.17) is 0 Å². The van der Waals surface area contributed by atoms with Crippen LogP contribution in [0.5, 0.6) is 0 Å². The van der Waals surface area contributed by atoms with Gasteiger partial charge in [0.05, 0.1) is 4.92 Å². The number of hydrogen-bond acceptors (Lipinski definition) is 4. The molecule has 0 aromatic heterocycles. The molecule has 0 saturated heterocycles. The van der Waals surface area contributed by atoms with Crippen LogP contribution in [-0.2, 0) is 21.4 Å². The Morgan fingerprint density at radius 1 is 1.25 bits per heavy atom. The second-order valence-corrected chi connectivity index (χ2v) is 4.32. The Balaban J connectivity index is 3.61. The fourth-order valence-corrected chi connectivity index (χ4v) is 2.22. The minimum atomic E-state index is -2.08. The second-order valence-electron chi connectivity index (χ2n) is 4.32. The van der Waals surface area contributed by atoms with Crippen molar-refractivity contribution in [3.63, 3.8) is 0 Å². The van der Waals surface area contributed by atoms with Gasteiger partial charge < -0.3 is 10.2 Å². The molecular weight excluding hydrogens is 266 g/mol. The van der Waals surface area contributed by atoms with E-state index in [0.717, 1.165) is 6.07 Å². The highest BCUT2D eigenvalue weighted by Crippen LogP contribution is 2.34. The smallest absolute Gasteiger partial charge is 0.325 e. The van der Waals surface area contributed by atoms with E-state index in [9.17, 15) is 29.9 Å². The summed E-state index contributed by atoms with van der Waals surface area (Å²) in [6, 6.07) is 3.58. The molecule has 7 heteroatoms. The number of nitro groups is 1. The number of aryl methyl sites for hydroxylation is 1. The summed E-state index contributed by atoms with van der Waals surface area (Å²) in [5.74, 6) is -2.95. The lowest BCUT2D eigenvalue weighted by atomic mass is 9.75. The van der Waals surface area contributed by atoms with Gasteiger partial charge in [0.2, 0.25) is 0 Å². The van der Waals surface area contributed by atoms with E-state index < -0.39 is 22.3 Å². The van der Waals surface area contributed by atoms with Crippen LogP contribution in [0.25, 0.3) is 0 Å². The van der Waals surface area contributed by atoms with Crippen molar-refractivity contribution in [3.05, 3.63) is 39.4 Å². The molecule has 1 aromatic rings. The van der Waals surface area contributed by atoms with Gasteiger partial charge in [0, 0.05) is 12.1 Å². The van der Waals surface area contributed by atoms with Crippen LogP contribution in [0, 0.1) is 10.1 Å². The summed E-state index contributed by atoms with van der Waals surface area (Å²) in [7, 11) is 0. The van der Waals surface area contributed by atoms with Gasteiger partial charge in [-0.1, -0.05) is 19.9 Å². The lowest BCUT2D eigenvalue weighted by Gasteiger charge is -2.26. The molecule has 1 aromatic carbocycles. The van der Waals surface area contributed by atoms with Crippen LogP contribution in [0.1, 0.15) is 31.4 Å². The van der Waals surface area contributed by atoms with Crippen LogP contribution in [0.2, 0.25) is 0 Å². The summed E-state index contributed by atoms with van der Waals surface area (Å²) in [4.78, 5) is 33.1. The van der Waals surface area contributed by atoms with Crippen LogP contribution in [0.4, 0.5) is 5.69 Å². The summed E-state index contributed by atoms with van der Waals surface area (Å²) >= 11 is 0. The molecule has 0 saturated carbocycles. The minimum absolute atomic E-state index is 0.0908. The molecule has 0 unspecified atom stereocenters. The predicted molar refractivity (Wildman–Crippen MR) is 69.7 cm³/mol.